The summed E-state index contributed by atoms with van der Waals surface area (Å²) in [6.45, 7) is 0.00948. The summed E-state index contributed by atoms with van der Waals surface area (Å²) in [7, 11) is 1.41. The van der Waals surface area contributed by atoms with Crippen LogP contribution in [0.4, 0.5) is 0 Å². The van der Waals surface area contributed by atoms with Gasteiger partial charge in [0.25, 0.3) is 0 Å². The maximum Gasteiger partial charge on any atom is 0.186 e. The highest BCUT2D eigenvalue weighted by molar-refractivity contribution is 6.35. The van der Waals surface area contributed by atoms with E-state index in [2.05, 4.69) is 0 Å². The fourth-order valence-electron chi connectivity index (χ4n) is 3.17. The number of methoxy groups -OCH3 is 1. The van der Waals surface area contributed by atoms with E-state index in [1.54, 1.807) is 36.4 Å². The summed E-state index contributed by atoms with van der Waals surface area (Å²) >= 11 is 24.3. The first-order valence-electron chi connectivity index (χ1n) is 9.75. The van der Waals surface area contributed by atoms with Crippen molar-refractivity contribution in [2.24, 2.45) is 0 Å². The third-order valence-corrected chi connectivity index (χ3v) is 5.92. The van der Waals surface area contributed by atoms with E-state index in [0.29, 0.717) is 25.7 Å². The van der Waals surface area contributed by atoms with Crippen LogP contribution in [-0.4, -0.2) is 42.9 Å². The van der Waals surface area contributed by atoms with E-state index in [-0.39, 0.29) is 26.7 Å². The Morgan fingerprint density at radius 2 is 1.63 bits per heavy atom. The Morgan fingerprint density at radius 1 is 1.03 bits per heavy atom. The van der Waals surface area contributed by atoms with Crippen LogP contribution in [0.25, 0.3) is 0 Å². The molecule has 0 aliphatic carbocycles. The lowest BCUT2D eigenvalue weighted by Crippen LogP contribution is -2.46. The second kappa shape index (κ2) is 10.3. The average Bonchev–Trinajstić information content (AvgIpc) is 3.00. The highest BCUT2D eigenvalue weighted by atomic mass is 35.5. The summed E-state index contributed by atoms with van der Waals surface area (Å²) in [5.41, 5.74) is 0.170. The lowest BCUT2D eigenvalue weighted by atomic mass is 9.98. The molecule has 0 saturated carbocycles. The van der Waals surface area contributed by atoms with Crippen molar-refractivity contribution < 1.29 is 25.4 Å². The summed E-state index contributed by atoms with van der Waals surface area (Å²) in [6, 6.07) is 10.1. The molecule has 0 radical (unpaired) electrons. The molecule has 5 nitrogen and oxygen atoms in total. The van der Waals surface area contributed by atoms with Crippen LogP contribution in [0.3, 0.4) is 0 Å². The van der Waals surface area contributed by atoms with E-state index in [9.17, 15) is 5.11 Å². The minimum atomic E-state index is -1.25. The van der Waals surface area contributed by atoms with E-state index >= 15 is 0 Å². The van der Waals surface area contributed by atoms with Crippen molar-refractivity contribution in [1.29, 1.82) is 0 Å². The summed E-state index contributed by atoms with van der Waals surface area (Å²) in [5.74, 6) is 0. The lowest BCUT2D eigenvalue weighted by molar-refractivity contribution is -0.190. The van der Waals surface area contributed by atoms with Gasteiger partial charge in [0, 0.05) is 28.6 Å². The molecule has 4 atom stereocenters. The minimum absolute atomic E-state index is 0.0224. The number of aliphatic hydroxyl groups excluding tert-OH is 1. The van der Waals surface area contributed by atoms with Gasteiger partial charge in [0.15, 0.2) is 6.29 Å². The normalized spacial score (nSPS) is 26.7. The molecule has 0 bridgehead atoms. The van der Waals surface area contributed by atoms with Crippen molar-refractivity contribution in [2.75, 3.05) is 13.7 Å². The largest absolute Gasteiger partial charge is 0.385 e. The van der Waals surface area contributed by atoms with Crippen LogP contribution in [0, 0.1) is 0 Å². The Balaban J connectivity index is 1.72. The number of rotatable bonds is 8. The van der Waals surface area contributed by atoms with E-state index < -0.39 is 24.1 Å². The fraction of sp³-hybridized carbons (Fsp3) is 0.429. The van der Waals surface area contributed by atoms with Gasteiger partial charge in [-0.25, -0.2) is 0 Å². The monoisotopic (exact) mass is 495 g/mol. The molecular weight excluding hydrogens is 474 g/mol. The number of benzene rings is 2. The zero-order chi connectivity index (χ0) is 22.6. The first-order chi connectivity index (χ1) is 14.8. The molecule has 0 aromatic heterocycles. The average molecular weight is 497 g/mol. The second-order valence-corrected chi connectivity index (χ2v) is 8.66. The Bertz CT molecular complexity index is 902. The molecule has 9 heteroatoms. The molecule has 2 aromatic rings. The van der Waals surface area contributed by atoms with E-state index in [4.69, 9.17) is 66.7 Å². The van der Waals surface area contributed by atoms with Gasteiger partial charge in [0.1, 0.15) is 17.8 Å². The third kappa shape index (κ3) is 5.60. The van der Waals surface area contributed by atoms with Gasteiger partial charge in [0.2, 0.25) is 0 Å². The molecule has 164 valence electrons. The van der Waals surface area contributed by atoms with Crippen molar-refractivity contribution in [3.63, 3.8) is 0 Å². The Labute approximate surface area is 197 Å². The zero-order valence-electron chi connectivity index (χ0n) is 17.1. The lowest BCUT2D eigenvalue weighted by Gasteiger charge is -2.30. The molecule has 30 heavy (non-hydrogen) atoms. The molecule has 1 fully saturated rings. The number of hydrogen-bond donors (Lipinski definition) is 1. The van der Waals surface area contributed by atoms with Crippen LogP contribution in [0.15, 0.2) is 36.4 Å². The van der Waals surface area contributed by atoms with Gasteiger partial charge in [-0.1, -0.05) is 58.5 Å². The Kier molecular flexibility index (Phi) is 7.79. The Morgan fingerprint density at radius 3 is 2.17 bits per heavy atom. The van der Waals surface area contributed by atoms with Crippen molar-refractivity contribution >= 4 is 46.4 Å². The molecule has 1 heterocycles. The summed E-state index contributed by atoms with van der Waals surface area (Å²) in [5, 5.41) is 12.6. The van der Waals surface area contributed by atoms with Crippen LogP contribution in [0.2, 0.25) is 20.1 Å². The minimum Gasteiger partial charge on any atom is -0.385 e. The number of hydrogen-bond acceptors (Lipinski definition) is 5. The molecule has 0 spiro atoms. The van der Waals surface area contributed by atoms with Crippen LogP contribution >= 0.6 is 46.4 Å². The first kappa shape index (κ1) is 22.6. The SMILES string of the molecule is [2H]C[C@]1(COCc2ccc(Cl)cc2Cl)OC(OC)[C@H](O)[C@@H]1OCc1ccc(Cl)cc1Cl. The molecular formula is C21H22Cl4O5. The second-order valence-electron chi connectivity index (χ2n) is 6.97. The maximum absolute atomic E-state index is 10.7. The van der Waals surface area contributed by atoms with E-state index in [1.807, 2.05) is 0 Å². The van der Waals surface area contributed by atoms with Gasteiger partial charge < -0.3 is 24.1 Å². The standard InChI is InChI=1S/C21H22Cl4O5/c1-21(11-28-9-12-3-5-14(22)7-16(12)24)19(18(26)20(27-2)30-21)29-10-13-4-6-15(23)8-17(13)25/h3-8,18-20,26H,9-11H2,1-2H3/t18-,19+,20?,21-/m1/s1/i1D. The number of aliphatic hydroxyl groups is 1. The quantitative estimate of drug-likeness (QED) is 0.521. The molecule has 3 rings (SSSR count). The van der Waals surface area contributed by atoms with Crippen molar-refractivity contribution in [2.45, 2.75) is 44.2 Å². The van der Waals surface area contributed by atoms with Gasteiger partial charge in [-0.3, -0.25) is 0 Å². The molecule has 1 aliphatic heterocycles. The molecule has 2 aromatic carbocycles. The van der Waals surface area contributed by atoms with Gasteiger partial charge in [-0.2, -0.15) is 0 Å². The Hall–Kier alpha value is -0.600. The first-order valence-corrected chi connectivity index (χ1v) is 10.6. The number of ether oxygens (including phenoxy) is 4. The van der Waals surface area contributed by atoms with Gasteiger partial charge in [-0.05, 0) is 42.3 Å². The predicted octanol–water partition coefficient (Wildman–Crippen LogP) is 5.52. The molecule has 1 aliphatic rings. The molecule has 1 N–H and O–H groups in total. The van der Waals surface area contributed by atoms with E-state index in [0.717, 1.165) is 5.56 Å². The summed E-state index contributed by atoms with van der Waals surface area (Å²) in [6.07, 6.45) is -2.97. The van der Waals surface area contributed by atoms with Gasteiger partial charge >= 0.3 is 0 Å². The van der Waals surface area contributed by atoms with Gasteiger partial charge in [0.05, 0.1) is 19.8 Å². The summed E-state index contributed by atoms with van der Waals surface area (Å²) < 4.78 is 31.0. The van der Waals surface area contributed by atoms with Crippen molar-refractivity contribution in [3.05, 3.63) is 67.6 Å². The molecule has 0 amide bonds. The van der Waals surface area contributed by atoms with E-state index in [1.165, 1.54) is 7.11 Å². The third-order valence-electron chi connectivity index (χ3n) is 4.74. The van der Waals surface area contributed by atoms with Crippen LogP contribution in [0.5, 0.6) is 0 Å². The van der Waals surface area contributed by atoms with Crippen molar-refractivity contribution in [3.8, 4) is 0 Å². The topological polar surface area (TPSA) is 57.2 Å². The fourth-order valence-corrected chi connectivity index (χ4v) is 4.09. The number of halogens is 4. The molecule has 1 saturated heterocycles. The smallest absolute Gasteiger partial charge is 0.186 e. The summed E-state index contributed by atoms with van der Waals surface area (Å²) in [4.78, 5) is 0. The van der Waals surface area contributed by atoms with Crippen molar-refractivity contribution in [1.82, 2.24) is 0 Å². The van der Waals surface area contributed by atoms with Crippen LogP contribution in [-0.2, 0) is 32.2 Å². The highest BCUT2D eigenvalue weighted by Crippen LogP contribution is 2.35. The van der Waals surface area contributed by atoms with Crippen LogP contribution in [0.1, 0.15) is 19.4 Å². The predicted molar refractivity (Wildman–Crippen MR) is 117 cm³/mol. The molecule has 1 unspecified atom stereocenters. The van der Waals surface area contributed by atoms with Crippen LogP contribution < -0.4 is 0 Å². The maximum atomic E-state index is 10.7. The highest BCUT2D eigenvalue weighted by Gasteiger charge is 2.53. The zero-order valence-corrected chi connectivity index (χ0v) is 19.1. The van der Waals surface area contributed by atoms with Gasteiger partial charge in [-0.15, -0.1) is 0 Å².